The van der Waals surface area contributed by atoms with Crippen molar-refractivity contribution < 1.29 is 19.1 Å². The van der Waals surface area contributed by atoms with E-state index < -0.39 is 11.0 Å². The second kappa shape index (κ2) is 7.34. The fourth-order valence-electron chi connectivity index (χ4n) is 2.62. The third kappa shape index (κ3) is 5.06. The van der Waals surface area contributed by atoms with Gasteiger partial charge in [0.2, 0.25) is 0 Å². The van der Waals surface area contributed by atoms with Gasteiger partial charge in [0, 0.05) is 19.0 Å². The Morgan fingerprint density at radius 2 is 1.81 bits per heavy atom. The van der Waals surface area contributed by atoms with Crippen LogP contribution in [0.25, 0.3) is 0 Å². The summed E-state index contributed by atoms with van der Waals surface area (Å²) < 4.78 is 10.3. The van der Waals surface area contributed by atoms with Crippen molar-refractivity contribution >= 4 is 23.7 Å². The van der Waals surface area contributed by atoms with Crippen LogP contribution in [0.4, 0.5) is 4.79 Å². The number of carbonyl (C=O) groups is 2. The zero-order valence-electron chi connectivity index (χ0n) is 13.4. The highest BCUT2D eigenvalue weighted by Crippen LogP contribution is 2.38. The van der Waals surface area contributed by atoms with Gasteiger partial charge in [-0.2, -0.15) is 0 Å². The van der Waals surface area contributed by atoms with E-state index >= 15 is 0 Å². The fourth-order valence-corrected chi connectivity index (χ4v) is 2.76. The summed E-state index contributed by atoms with van der Waals surface area (Å²) in [6, 6.07) is 0. The van der Waals surface area contributed by atoms with Crippen LogP contribution in [0.2, 0.25) is 0 Å². The van der Waals surface area contributed by atoms with Gasteiger partial charge in [-0.3, -0.25) is 4.79 Å². The molecule has 1 amide bonds. The van der Waals surface area contributed by atoms with E-state index in [0.717, 1.165) is 6.42 Å². The van der Waals surface area contributed by atoms with Crippen molar-refractivity contribution in [1.82, 2.24) is 4.90 Å². The lowest BCUT2D eigenvalue weighted by molar-refractivity contribution is -0.156. The largest absolute Gasteiger partial charge is 0.469 e. The number of likely N-dealkylation sites (tertiary alicyclic amines) is 1. The van der Waals surface area contributed by atoms with Crippen molar-refractivity contribution in [2.45, 2.75) is 52.1 Å². The molecular weight excluding hydrogens is 294 g/mol. The predicted molar refractivity (Wildman–Crippen MR) is 81.4 cm³/mol. The third-order valence-corrected chi connectivity index (χ3v) is 4.05. The number of esters is 1. The smallest absolute Gasteiger partial charge is 0.410 e. The number of ether oxygens (including phenoxy) is 2. The Labute approximate surface area is 131 Å². The molecule has 0 aliphatic carbocycles. The van der Waals surface area contributed by atoms with Gasteiger partial charge >= 0.3 is 12.1 Å². The molecule has 0 N–H and O–H groups in total. The lowest BCUT2D eigenvalue weighted by Gasteiger charge is -2.40. The quantitative estimate of drug-likeness (QED) is 0.590. The number of carbonyl (C=O) groups excluding carboxylic acids is 2. The number of piperidine rings is 1. The van der Waals surface area contributed by atoms with E-state index in [4.69, 9.17) is 21.1 Å². The van der Waals surface area contributed by atoms with Crippen molar-refractivity contribution in [2.24, 2.45) is 5.41 Å². The number of alkyl halides is 1. The molecule has 6 heteroatoms. The molecular formula is C15H26ClNO4. The van der Waals surface area contributed by atoms with Gasteiger partial charge < -0.3 is 14.4 Å². The molecule has 5 nitrogen and oxygen atoms in total. The summed E-state index contributed by atoms with van der Waals surface area (Å²) in [5.41, 5.74) is -1.02. The Morgan fingerprint density at radius 3 is 2.24 bits per heavy atom. The van der Waals surface area contributed by atoms with E-state index in [1.165, 1.54) is 7.11 Å². The van der Waals surface area contributed by atoms with Crippen LogP contribution in [0.15, 0.2) is 0 Å². The molecule has 122 valence electrons. The normalized spacial score (nSPS) is 18.2. The van der Waals surface area contributed by atoms with E-state index in [0.29, 0.717) is 38.2 Å². The Kier molecular flexibility index (Phi) is 6.32. The van der Waals surface area contributed by atoms with Crippen molar-refractivity contribution in [3.05, 3.63) is 0 Å². The number of rotatable bonds is 4. The first-order chi connectivity index (χ1) is 9.74. The maximum absolute atomic E-state index is 12.1. The van der Waals surface area contributed by atoms with E-state index in [1.807, 2.05) is 20.8 Å². The molecule has 0 aromatic rings. The molecule has 21 heavy (non-hydrogen) atoms. The van der Waals surface area contributed by atoms with Crippen molar-refractivity contribution in [1.29, 1.82) is 0 Å². The minimum Gasteiger partial charge on any atom is -0.469 e. The van der Waals surface area contributed by atoms with Gasteiger partial charge in [0.1, 0.15) is 5.60 Å². The Bertz CT molecular complexity index is 370. The number of hydrogen-bond donors (Lipinski definition) is 0. The van der Waals surface area contributed by atoms with Crippen LogP contribution in [0.5, 0.6) is 0 Å². The highest BCUT2D eigenvalue weighted by atomic mass is 35.5. The Hall–Kier alpha value is -0.970. The second-order valence-electron chi connectivity index (χ2n) is 6.53. The van der Waals surface area contributed by atoms with Crippen LogP contribution in [-0.2, 0) is 14.3 Å². The van der Waals surface area contributed by atoms with Crippen molar-refractivity contribution in [3.63, 3.8) is 0 Å². The summed E-state index contributed by atoms with van der Waals surface area (Å²) >= 11 is 5.75. The first-order valence-corrected chi connectivity index (χ1v) is 7.90. The van der Waals surface area contributed by atoms with Crippen LogP contribution in [0.3, 0.4) is 0 Å². The maximum atomic E-state index is 12.1. The first kappa shape index (κ1) is 18.1. The molecule has 1 aliphatic heterocycles. The topological polar surface area (TPSA) is 55.8 Å². The Balaban J connectivity index is 2.65. The molecule has 0 unspecified atom stereocenters. The van der Waals surface area contributed by atoms with Crippen LogP contribution in [0.1, 0.15) is 46.5 Å². The van der Waals surface area contributed by atoms with E-state index in [9.17, 15) is 9.59 Å². The van der Waals surface area contributed by atoms with Crippen molar-refractivity contribution in [2.75, 3.05) is 26.1 Å². The van der Waals surface area contributed by atoms with E-state index in [-0.39, 0.29) is 12.1 Å². The molecule has 1 saturated heterocycles. The average molecular weight is 320 g/mol. The minimum atomic E-state index is -0.512. The molecule has 1 fully saturated rings. The van der Waals surface area contributed by atoms with Gasteiger partial charge in [-0.15, -0.1) is 11.6 Å². The van der Waals surface area contributed by atoms with Gasteiger partial charge in [-0.1, -0.05) is 0 Å². The molecule has 0 atom stereocenters. The highest BCUT2D eigenvalue weighted by molar-refractivity contribution is 6.17. The standard InChI is InChI=1S/C15H26ClNO4/c1-14(2,3)21-13(19)17-10-7-15(8-11-17,6-5-9-16)12(18)20-4/h5-11H2,1-4H3. The van der Waals surface area contributed by atoms with Gasteiger partial charge in [-0.25, -0.2) is 4.79 Å². The summed E-state index contributed by atoms with van der Waals surface area (Å²) in [7, 11) is 1.41. The summed E-state index contributed by atoms with van der Waals surface area (Å²) in [5, 5.41) is 0. The molecule has 0 aromatic carbocycles. The van der Waals surface area contributed by atoms with Gasteiger partial charge in [0.25, 0.3) is 0 Å². The lowest BCUT2D eigenvalue weighted by Crippen LogP contribution is -2.48. The van der Waals surface area contributed by atoms with Crippen molar-refractivity contribution in [3.8, 4) is 0 Å². The second-order valence-corrected chi connectivity index (χ2v) is 6.91. The van der Waals surface area contributed by atoms with Crippen LogP contribution < -0.4 is 0 Å². The van der Waals surface area contributed by atoms with E-state index in [2.05, 4.69) is 0 Å². The fraction of sp³-hybridized carbons (Fsp3) is 0.867. The number of halogens is 1. The first-order valence-electron chi connectivity index (χ1n) is 7.36. The summed E-state index contributed by atoms with van der Waals surface area (Å²) in [6.07, 6.45) is 2.33. The zero-order valence-corrected chi connectivity index (χ0v) is 14.2. The number of amides is 1. The summed E-state index contributed by atoms with van der Waals surface area (Å²) in [4.78, 5) is 25.8. The number of nitrogens with zero attached hydrogens (tertiary/aromatic N) is 1. The van der Waals surface area contributed by atoms with Gasteiger partial charge in [0.15, 0.2) is 0 Å². The zero-order chi connectivity index (χ0) is 16.1. The highest BCUT2D eigenvalue weighted by Gasteiger charge is 2.43. The Morgan fingerprint density at radius 1 is 1.24 bits per heavy atom. The third-order valence-electron chi connectivity index (χ3n) is 3.78. The molecule has 0 spiro atoms. The van der Waals surface area contributed by atoms with Crippen LogP contribution in [-0.4, -0.2) is 48.6 Å². The maximum Gasteiger partial charge on any atom is 0.410 e. The molecule has 1 aliphatic rings. The lowest BCUT2D eigenvalue weighted by atomic mass is 9.75. The monoisotopic (exact) mass is 319 g/mol. The molecule has 0 saturated carbocycles. The average Bonchev–Trinajstić information content (AvgIpc) is 2.42. The SMILES string of the molecule is COC(=O)C1(CCCCl)CCN(C(=O)OC(C)(C)C)CC1. The number of hydrogen-bond acceptors (Lipinski definition) is 4. The molecule has 1 rings (SSSR count). The summed E-state index contributed by atoms with van der Waals surface area (Å²) in [5.74, 6) is 0.325. The van der Waals surface area contributed by atoms with Crippen LogP contribution in [0, 0.1) is 5.41 Å². The molecule has 0 aromatic heterocycles. The minimum absolute atomic E-state index is 0.198. The molecule has 0 bridgehead atoms. The van der Waals surface area contributed by atoms with Crippen LogP contribution >= 0.6 is 11.6 Å². The molecule has 1 heterocycles. The predicted octanol–water partition coefficient (Wildman–Crippen LogP) is 3.20. The number of methoxy groups -OCH3 is 1. The van der Waals surface area contributed by atoms with Gasteiger partial charge in [-0.05, 0) is 46.5 Å². The summed E-state index contributed by atoms with van der Waals surface area (Å²) in [6.45, 7) is 6.54. The van der Waals surface area contributed by atoms with Gasteiger partial charge in [0.05, 0.1) is 12.5 Å². The molecule has 0 radical (unpaired) electrons. The van der Waals surface area contributed by atoms with E-state index in [1.54, 1.807) is 4.90 Å².